The third-order valence-corrected chi connectivity index (χ3v) is 4.24. The Hall–Kier alpha value is -2.41. The minimum atomic E-state index is -0.805. The largest absolute Gasteiger partial charge is 0.481 e. The number of carbonyl (C=O) groups is 2. The molecule has 1 saturated carbocycles. The minimum absolute atomic E-state index is 0.0501. The van der Waals surface area contributed by atoms with Gasteiger partial charge in [-0.05, 0) is 37.1 Å². The molecule has 2 N–H and O–H groups in total. The first-order valence-corrected chi connectivity index (χ1v) is 8.00. The van der Waals surface area contributed by atoms with E-state index in [2.05, 4.69) is 15.5 Å². The number of amides is 1. The van der Waals surface area contributed by atoms with Gasteiger partial charge in [-0.15, -0.1) is 0 Å². The molecule has 2 aromatic rings. The van der Waals surface area contributed by atoms with Crippen molar-refractivity contribution in [3.8, 4) is 11.4 Å². The number of halogens is 1. The second-order valence-corrected chi connectivity index (χ2v) is 6.23. The highest BCUT2D eigenvalue weighted by atomic mass is 35.5. The van der Waals surface area contributed by atoms with E-state index in [9.17, 15) is 9.59 Å². The number of aromatic nitrogens is 2. The van der Waals surface area contributed by atoms with Crippen LogP contribution in [0.1, 0.15) is 25.2 Å². The number of nitrogens with one attached hydrogen (secondary N) is 1. The maximum atomic E-state index is 11.8. The molecule has 0 radical (unpaired) electrons. The Bertz CT molecular complexity index is 738. The van der Waals surface area contributed by atoms with E-state index in [1.54, 1.807) is 24.3 Å². The molecule has 24 heavy (non-hydrogen) atoms. The fourth-order valence-corrected chi connectivity index (χ4v) is 2.66. The van der Waals surface area contributed by atoms with Crippen molar-refractivity contribution >= 4 is 23.5 Å². The molecule has 1 amide bonds. The van der Waals surface area contributed by atoms with Gasteiger partial charge in [-0.2, -0.15) is 4.98 Å². The predicted molar refractivity (Wildman–Crippen MR) is 85.4 cm³/mol. The van der Waals surface area contributed by atoms with Crippen molar-refractivity contribution in [3.05, 3.63) is 35.2 Å². The van der Waals surface area contributed by atoms with Gasteiger partial charge in [0.15, 0.2) is 0 Å². The zero-order valence-corrected chi connectivity index (χ0v) is 13.5. The van der Waals surface area contributed by atoms with E-state index in [0.29, 0.717) is 36.0 Å². The molecule has 7 nitrogen and oxygen atoms in total. The SMILES string of the molecule is O=C(CCc1nc(-c2ccc(Cl)cc2)no1)NC1CC(C(=O)O)C1. The molecule has 8 heteroatoms. The molecule has 0 aliphatic heterocycles. The molecule has 1 fully saturated rings. The first-order valence-electron chi connectivity index (χ1n) is 7.62. The number of rotatable bonds is 6. The molecular formula is C16H16ClN3O4. The molecule has 1 heterocycles. The maximum Gasteiger partial charge on any atom is 0.306 e. The summed E-state index contributed by atoms with van der Waals surface area (Å²) in [7, 11) is 0. The Kier molecular flexibility index (Phi) is 4.80. The van der Waals surface area contributed by atoms with Gasteiger partial charge in [0.25, 0.3) is 0 Å². The Morgan fingerprint density at radius 1 is 1.29 bits per heavy atom. The van der Waals surface area contributed by atoms with E-state index in [0.717, 1.165) is 5.56 Å². The second kappa shape index (κ2) is 7.00. The number of carboxylic acids is 1. The molecule has 0 spiro atoms. The monoisotopic (exact) mass is 349 g/mol. The van der Waals surface area contributed by atoms with Crippen LogP contribution in [0.3, 0.4) is 0 Å². The van der Waals surface area contributed by atoms with Crippen LogP contribution in [0.25, 0.3) is 11.4 Å². The highest BCUT2D eigenvalue weighted by molar-refractivity contribution is 6.30. The average molecular weight is 350 g/mol. The molecule has 1 aromatic carbocycles. The van der Waals surface area contributed by atoms with Crippen LogP contribution in [0.2, 0.25) is 5.02 Å². The molecule has 0 bridgehead atoms. The molecule has 1 aliphatic rings. The van der Waals surface area contributed by atoms with Crippen LogP contribution >= 0.6 is 11.6 Å². The number of hydrogen-bond donors (Lipinski definition) is 2. The molecular weight excluding hydrogens is 334 g/mol. The summed E-state index contributed by atoms with van der Waals surface area (Å²) in [6, 6.07) is 7.01. The van der Waals surface area contributed by atoms with Crippen LogP contribution < -0.4 is 5.32 Å². The summed E-state index contributed by atoms with van der Waals surface area (Å²) in [5.74, 6) is -0.457. The summed E-state index contributed by atoms with van der Waals surface area (Å²) in [5.41, 5.74) is 0.785. The molecule has 0 unspecified atom stereocenters. The van der Waals surface area contributed by atoms with E-state index in [4.69, 9.17) is 21.2 Å². The molecule has 1 aromatic heterocycles. The molecule has 3 rings (SSSR count). The lowest BCUT2D eigenvalue weighted by molar-refractivity contribution is -0.146. The van der Waals surface area contributed by atoms with Gasteiger partial charge in [-0.3, -0.25) is 9.59 Å². The summed E-state index contributed by atoms with van der Waals surface area (Å²) in [6.07, 6.45) is 1.53. The maximum absolute atomic E-state index is 11.8. The summed E-state index contributed by atoms with van der Waals surface area (Å²) < 4.78 is 5.14. The molecule has 0 saturated heterocycles. The standard InChI is InChI=1S/C16H16ClN3O4/c17-11-3-1-9(2-4-11)15-19-14(24-20-15)6-5-13(21)18-12-7-10(8-12)16(22)23/h1-4,10,12H,5-8H2,(H,18,21)(H,22,23). The summed E-state index contributed by atoms with van der Waals surface area (Å²) in [6.45, 7) is 0. The lowest BCUT2D eigenvalue weighted by Gasteiger charge is -2.32. The van der Waals surface area contributed by atoms with Gasteiger partial charge in [0.2, 0.25) is 17.6 Å². The van der Waals surface area contributed by atoms with Crippen molar-refractivity contribution in [1.82, 2.24) is 15.5 Å². The number of benzene rings is 1. The number of aliphatic carboxylic acids is 1. The van der Waals surface area contributed by atoms with E-state index >= 15 is 0 Å². The number of carbonyl (C=O) groups excluding carboxylic acids is 1. The molecule has 126 valence electrons. The average Bonchev–Trinajstić information content (AvgIpc) is 2.97. The first-order chi connectivity index (χ1) is 11.5. The first kappa shape index (κ1) is 16.4. The molecule has 1 aliphatic carbocycles. The van der Waals surface area contributed by atoms with Crippen LogP contribution in [-0.4, -0.2) is 33.2 Å². The van der Waals surface area contributed by atoms with Crippen molar-refractivity contribution in [2.24, 2.45) is 5.92 Å². The van der Waals surface area contributed by atoms with Crippen LogP contribution in [0.4, 0.5) is 0 Å². The Labute approximate surface area is 143 Å². The van der Waals surface area contributed by atoms with Gasteiger partial charge in [0.05, 0.1) is 5.92 Å². The lowest BCUT2D eigenvalue weighted by Crippen LogP contribution is -2.46. The third kappa shape index (κ3) is 3.91. The van der Waals surface area contributed by atoms with Gasteiger partial charge in [-0.1, -0.05) is 16.8 Å². The van der Waals surface area contributed by atoms with Crippen molar-refractivity contribution in [2.45, 2.75) is 31.7 Å². The fraction of sp³-hybridized carbons (Fsp3) is 0.375. The number of hydrogen-bond acceptors (Lipinski definition) is 5. The highest BCUT2D eigenvalue weighted by Crippen LogP contribution is 2.27. The number of aryl methyl sites for hydroxylation is 1. The van der Waals surface area contributed by atoms with E-state index < -0.39 is 5.97 Å². The van der Waals surface area contributed by atoms with Crippen LogP contribution in [0.5, 0.6) is 0 Å². The van der Waals surface area contributed by atoms with Gasteiger partial charge in [0.1, 0.15) is 0 Å². The smallest absolute Gasteiger partial charge is 0.306 e. The number of nitrogens with zero attached hydrogens (tertiary/aromatic N) is 2. The van der Waals surface area contributed by atoms with E-state index in [1.165, 1.54) is 0 Å². The normalized spacial score (nSPS) is 19.5. The van der Waals surface area contributed by atoms with Crippen LogP contribution in [0, 0.1) is 5.92 Å². The Morgan fingerprint density at radius 3 is 2.67 bits per heavy atom. The topological polar surface area (TPSA) is 105 Å². The zero-order valence-electron chi connectivity index (χ0n) is 12.7. The van der Waals surface area contributed by atoms with Gasteiger partial charge in [-0.25, -0.2) is 0 Å². The fourth-order valence-electron chi connectivity index (χ4n) is 2.53. The Morgan fingerprint density at radius 2 is 2.00 bits per heavy atom. The number of carboxylic acid groups (broad SMARTS) is 1. The van der Waals surface area contributed by atoms with Crippen LogP contribution in [-0.2, 0) is 16.0 Å². The minimum Gasteiger partial charge on any atom is -0.481 e. The van der Waals surface area contributed by atoms with Gasteiger partial charge < -0.3 is 14.9 Å². The lowest BCUT2D eigenvalue weighted by atomic mass is 9.80. The molecule has 0 atom stereocenters. The summed E-state index contributed by atoms with van der Waals surface area (Å²) in [5, 5.41) is 16.1. The highest BCUT2D eigenvalue weighted by Gasteiger charge is 2.35. The predicted octanol–water partition coefficient (Wildman–Crippen LogP) is 2.30. The third-order valence-electron chi connectivity index (χ3n) is 3.99. The van der Waals surface area contributed by atoms with E-state index in [1.807, 2.05) is 0 Å². The van der Waals surface area contributed by atoms with Gasteiger partial charge >= 0.3 is 5.97 Å². The quantitative estimate of drug-likeness (QED) is 0.829. The summed E-state index contributed by atoms with van der Waals surface area (Å²) >= 11 is 5.83. The van der Waals surface area contributed by atoms with E-state index in [-0.39, 0.29) is 24.3 Å². The van der Waals surface area contributed by atoms with Crippen molar-refractivity contribution < 1.29 is 19.2 Å². The Balaban J connectivity index is 1.46. The van der Waals surface area contributed by atoms with Crippen LogP contribution in [0.15, 0.2) is 28.8 Å². The van der Waals surface area contributed by atoms with Crippen molar-refractivity contribution in [3.63, 3.8) is 0 Å². The zero-order chi connectivity index (χ0) is 17.1. The summed E-state index contributed by atoms with van der Waals surface area (Å²) in [4.78, 5) is 26.8. The second-order valence-electron chi connectivity index (χ2n) is 5.79. The van der Waals surface area contributed by atoms with Crippen molar-refractivity contribution in [1.29, 1.82) is 0 Å². The van der Waals surface area contributed by atoms with Gasteiger partial charge in [0, 0.05) is 29.5 Å². The van der Waals surface area contributed by atoms with Crippen molar-refractivity contribution in [2.75, 3.05) is 0 Å².